The van der Waals surface area contributed by atoms with Gasteiger partial charge in [0.15, 0.2) is 0 Å². The Labute approximate surface area is 145 Å². The lowest BCUT2D eigenvalue weighted by atomic mass is 10.1. The van der Waals surface area contributed by atoms with E-state index in [1.807, 2.05) is 11.8 Å². The monoisotopic (exact) mass is 371 g/mol. The molecule has 2 aromatic rings. The van der Waals surface area contributed by atoms with Crippen LogP contribution >= 0.6 is 27.7 Å². The molecule has 1 unspecified atom stereocenters. The molecular weight excluding hydrogens is 354 g/mol. The third kappa shape index (κ3) is 3.57. The normalized spacial score (nSPS) is 16.3. The topological polar surface area (TPSA) is 12.0 Å². The number of hydrogen-bond acceptors (Lipinski definition) is 2. The van der Waals surface area contributed by atoms with Crippen LogP contribution in [0.3, 0.4) is 0 Å². The van der Waals surface area contributed by atoms with Crippen molar-refractivity contribution >= 4 is 27.7 Å². The van der Waals surface area contributed by atoms with Gasteiger partial charge in [0.25, 0.3) is 0 Å². The maximum absolute atomic E-state index is 5.36. The molecular formula is C19H18BrNS. The van der Waals surface area contributed by atoms with Crippen LogP contribution in [0.1, 0.15) is 29.2 Å². The molecule has 1 nitrogen and oxygen atoms in total. The molecule has 3 heteroatoms. The molecule has 2 aromatic carbocycles. The van der Waals surface area contributed by atoms with Crippen LogP contribution in [0.15, 0.2) is 51.8 Å². The first-order valence-corrected chi connectivity index (χ1v) is 9.21. The molecule has 0 saturated carbocycles. The summed E-state index contributed by atoms with van der Waals surface area (Å²) >= 11 is 5.41. The third-order valence-electron chi connectivity index (χ3n) is 3.99. The second-order valence-corrected chi connectivity index (χ2v) is 7.35. The van der Waals surface area contributed by atoms with E-state index in [1.165, 1.54) is 21.6 Å². The van der Waals surface area contributed by atoms with Gasteiger partial charge in [0.05, 0.1) is 6.54 Å². The summed E-state index contributed by atoms with van der Waals surface area (Å²) in [5.41, 5.74) is 4.28. The van der Waals surface area contributed by atoms with Gasteiger partial charge in [0, 0.05) is 21.2 Å². The van der Waals surface area contributed by atoms with Crippen molar-refractivity contribution < 1.29 is 0 Å². The minimum atomic E-state index is 0.416. The second-order valence-electron chi connectivity index (χ2n) is 5.42. The fraction of sp³-hybridized carbons (Fsp3) is 0.263. The van der Waals surface area contributed by atoms with E-state index in [4.69, 9.17) is 6.42 Å². The van der Waals surface area contributed by atoms with Crippen molar-refractivity contribution in [1.82, 2.24) is 5.32 Å². The molecule has 0 saturated heterocycles. The third-order valence-corrected chi connectivity index (χ3v) is 5.69. The van der Waals surface area contributed by atoms with Crippen LogP contribution in [-0.2, 0) is 12.2 Å². The van der Waals surface area contributed by atoms with Crippen LogP contribution in [-0.4, -0.2) is 6.54 Å². The molecule has 0 spiro atoms. The van der Waals surface area contributed by atoms with E-state index in [1.54, 1.807) is 0 Å². The quantitative estimate of drug-likeness (QED) is 0.589. The van der Waals surface area contributed by atoms with E-state index in [2.05, 4.69) is 69.6 Å². The lowest BCUT2D eigenvalue weighted by molar-refractivity contribution is 0.568. The summed E-state index contributed by atoms with van der Waals surface area (Å²) in [7, 11) is 0. The zero-order valence-electron chi connectivity index (χ0n) is 12.3. The van der Waals surface area contributed by atoms with Gasteiger partial charge in [0.1, 0.15) is 0 Å². The summed E-state index contributed by atoms with van der Waals surface area (Å²) in [4.78, 5) is 1.41. The average Bonchev–Trinajstić information content (AvgIpc) is 2.96. The highest BCUT2D eigenvalue weighted by molar-refractivity contribution is 9.10. The lowest BCUT2D eigenvalue weighted by Crippen LogP contribution is -2.19. The predicted molar refractivity (Wildman–Crippen MR) is 98.0 cm³/mol. The van der Waals surface area contributed by atoms with Crippen molar-refractivity contribution in [1.29, 1.82) is 0 Å². The zero-order valence-corrected chi connectivity index (χ0v) is 14.7. The summed E-state index contributed by atoms with van der Waals surface area (Å²) in [5, 5.41) is 3.44. The average molecular weight is 372 g/mol. The van der Waals surface area contributed by atoms with Gasteiger partial charge < -0.3 is 0 Å². The molecule has 0 bridgehead atoms. The van der Waals surface area contributed by atoms with Gasteiger partial charge in [-0.2, -0.15) is 0 Å². The molecule has 1 N–H and O–H groups in total. The Balaban J connectivity index is 1.72. The molecule has 0 aromatic heterocycles. The maximum Gasteiger partial charge on any atom is 0.0578 e. The van der Waals surface area contributed by atoms with Crippen LogP contribution in [0.25, 0.3) is 0 Å². The van der Waals surface area contributed by atoms with E-state index in [-0.39, 0.29) is 0 Å². The highest BCUT2D eigenvalue weighted by Crippen LogP contribution is 2.38. The molecule has 0 radical (unpaired) electrons. The van der Waals surface area contributed by atoms with Crippen molar-refractivity contribution in [2.24, 2.45) is 0 Å². The first-order chi connectivity index (χ1) is 10.8. The maximum atomic E-state index is 5.36. The highest BCUT2D eigenvalue weighted by Gasteiger charge is 2.23. The van der Waals surface area contributed by atoms with Gasteiger partial charge in [-0.05, 0) is 47.7 Å². The Kier molecular flexibility index (Phi) is 5.25. The largest absolute Gasteiger partial charge is 0.299 e. The molecule has 112 valence electrons. The molecule has 1 aliphatic rings. The fourth-order valence-electron chi connectivity index (χ4n) is 2.89. The van der Waals surface area contributed by atoms with E-state index in [0.717, 1.165) is 23.1 Å². The standard InChI is InChI=1S/C19H18BrNS/c1-2-12-21-18-11-10-17-16(18)4-3-5-19(17)22-13-14-6-8-15(20)9-7-14/h1,3-9,18,21H,10-13H2. The smallest absolute Gasteiger partial charge is 0.0578 e. The number of rotatable bonds is 5. The number of benzene rings is 2. The number of thioether (sulfide) groups is 1. The zero-order chi connectivity index (χ0) is 15.4. The van der Waals surface area contributed by atoms with Crippen LogP contribution in [0.5, 0.6) is 0 Å². The molecule has 0 heterocycles. The first kappa shape index (κ1) is 15.7. The number of hydrogen-bond donors (Lipinski definition) is 1. The Morgan fingerprint density at radius 3 is 2.82 bits per heavy atom. The highest BCUT2D eigenvalue weighted by atomic mass is 79.9. The molecule has 1 atom stereocenters. The Morgan fingerprint density at radius 2 is 2.05 bits per heavy atom. The first-order valence-electron chi connectivity index (χ1n) is 7.44. The van der Waals surface area contributed by atoms with Gasteiger partial charge in [-0.1, -0.05) is 46.1 Å². The SMILES string of the molecule is C#CCNC1CCc2c(SCc3ccc(Br)cc3)cccc21. The van der Waals surface area contributed by atoms with Gasteiger partial charge >= 0.3 is 0 Å². The summed E-state index contributed by atoms with van der Waals surface area (Å²) in [5.74, 6) is 3.68. The van der Waals surface area contributed by atoms with Crippen molar-refractivity contribution in [3.05, 3.63) is 63.6 Å². The van der Waals surface area contributed by atoms with Crippen molar-refractivity contribution in [3.63, 3.8) is 0 Å². The van der Waals surface area contributed by atoms with Crippen molar-refractivity contribution in [2.45, 2.75) is 29.5 Å². The predicted octanol–water partition coefficient (Wildman–Crippen LogP) is 4.95. The summed E-state index contributed by atoms with van der Waals surface area (Å²) < 4.78 is 1.13. The number of halogens is 1. The summed E-state index contributed by atoms with van der Waals surface area (Å²) in [6.07, 6.45) is 7.64. The van der Waals surface area contributed by atoms with E-state index in [0.29, 0.717) is 12.6 Å². The van der Waals surface area contributed by atoms with E-state index in [9.17, 15) is 0 Å². The van der Waals surface area contributed by atoms with Gasteiger partial charge in [-0.25, -0.2) is 0 Å². The second kappa shape index (κ2) is 7.37. The minimum Gasteiger partial charge on any atom is -0.299 e. The Bertz CT molecular complexity index is 688. The molecule has 3 rings (SSSR count). The van der Waals surface area contributed by atoms with Gasteiger partial charge in [-0.3, -0.25) is 5.32 Å². The van der Waals surface area contributed by atoms with Gasteiger partial charge in [0.2, 0.25) is 0 Å². The van der Waals surface area contributed by atoms with Crippen molar-refractivity contribution in [3.8, 4) is 12.3 Å². The van der Waals surface area contributed by atoms with E-state index < -0.39 is 0 Å². The summed E-state index contributed by atoms with van der Waals surface area (Å²) in [6.45, 7) is 0.639. The van der Waals surface area contributed by atoms with Crippen molar-refractivity contribution in [2.75, 3.05) is 6.54 Å². The molecule has 0 fully saturated rings. The molecule has 0 aliphatic heterocycles. The van der Waals surface area contributed by atoms with Crippen LogP contribution < -0.4 is 5.32 Å². The Hall–Kier alpha value is -1.21. The number of terminal acetylenes is 1. The molecule has 0 amide bonds. The summed E-state index contributed by atoms with van der Waals surface area (Å²) in [6, 6.07) is 15.6. The molecule has 22 heavy (non-hydrogen) atoms. The number of nitrogens with one attached hydrogen (secondary N) is 1. The minimum absolute atomic E-state index is 0.416. The lowest BCUT2D eigenvalue weighted by Gasteiger charge is -2.13. The van der Waals surface area contributed by atoms with Crippen LogP contribution in [0.4, 0.5) is 0 Å². The number of fused-ring (bicyclic) bond motifs is 1. The van der Waals surface area contributed by atoms with Gasteiger partial charge in [-0.15, -0.1) is 18.2 Å². The molecule has 1 aliphatic carbocycles. The van der Waals surface area contributed by atoms with Crippen LogP contribution in [0, 0.1) is 12.3 Å². The van der Waals surface area contributed by atoms with E-state index >= 15 is 0 Å². The Morgan fingerprint density at radius 1 is 1.23 bits per heavy atom. The van der Waals surface area contributed by atoms with Crippen LogP contribution in [0.2, 0.25) is 0 Å². The fourth-order valence-corrected chi connectivity index (χ4v) is 4.24.